The lowest BCUT2D eigenvalue weighted by Crippen LogP contribution is -2.14. The van der Waals surface area contributed by atoms with Crippen molar-refractivity contribution >= 4 is 28.1 Å². The third-order valence-corrected chi connectivity index (χ3v) is 4.64. The molecular formula is C15H17N3O2S. The molecule has 0 unspecified atom stereocenters. The Hall–Kier alpha value is -2.08. The lowest BCUT2D eigenvalue weighted by molar-refractivity contribution is 0.102. The molecule has 1 aliphatic rings. The van der Waals surface area contributed by atoms with Gasteiger partial charge in [-0.05, 0) is 43.9 Å². The first kappa shape index (κ1) is 13.9. The smallest absolute Gasteiger partial charge is 0.259 e. The predicted octanol–water partition coefficient (Wildman–Crippen LogP) is 2.87. The minimum atomic E-state index is -0.252. The zero-order valence-electron chi connectivity index (χ0n) is 11.8. The van der Waals surface area contributed by atoms with E-state index < -0.39 is 0 Å². The Labute approximate surface area is 127 Å². The Balaban J connectivity index is 1.81. The van der Waals surface area contributed by atoms with E-state index in [-0.39, 0.29) is 5.91 Å². The average Bonchev–Trinajstić information content (AvgIpc) is 2.89. The van der Waals surface area contributed by atoms with Gasteiger partial charge in [0.05, 0.1) is 18.4 Å². The van der Waals surface area contributed by atoms with E-state index in [4.69, 9.17) is 10.5 Å². The first-order chi connectivity index (χ1) is 10.2. The van der Waals surface area contributed by atoms with Gasteiger partial charge in [0.15, 0.2) is 5.13 Å². The van der Waals surface area contributed by atoms with Crippen LogP contribution in [0, 0.1) is 0 Å². The summed E-state index contributed by atoms with van der Waals surface area (Å²) in [6.45, 7) is 0. The minimum Gasteiger partial charge on any atom is -0.497 e. The summed E-state index contributed by atoms with van der Waals surface area (Å²) in [7, 11) is 1.56. The predicted molar refractivity (Wildman–Crippen MR) is 84.1 cm³/mol. The van der Waals surface area contributed by atoms with E-state index in [0.29, 0.717) is 22.1 Å². The molecule has 21 heavy (non-hydrogen) atoms. The zero-order valence-corrected chi connectivity index (χ0v) is 12.6. The molecule has 1 aromatic heterocycles. The first-order valence-electron chi connectivity index (χ1n) is 6.91. The monoisotopic (exact) mass is 303 g/mol. The van der Waals surface area contributed by atoms with Gasteiger partial charge in [-0.15, -0.1) is 11.3 Å². The molecule has 3 rings (SSSR count). The Morgan fingerprint density at radius 1 is 1.38 bits per heavy atom. The van der Waals surface area contributed by atoms with Gasteiger partial charge in [-0.1, -0.05) is 0 Å². The molecule has 0 bridgehead atoms. The van der Waals surface area contributed by atoms with Crippen molar-refractivity contribution in [2.75, 3.05) is 18.2 Å². The molecule has 0 spiro atoms. The molecule has 110 valence electrons. The molecule has 1 aliphatic carbocycles. The second kappa shape index (κ2) is 5.73. The first-order valence-corrected chi connectivity index (χ1v) is 7.72. The number of amides is 1. The molecule has 0 aliphatic heterocycles. The number of methoxy groups -OCH3 is 1. The number of fused-ring (bicyclic) bond motifs is 1. The van der Waals surface area contributed by atoms with Crippen LogP contribution >= 0.6 is 11.3 Å². The van der Waals surface area contributed by atoms with Crippen molar-refractivity contribution in [3.05, 3.63) is 34.3 Å². The summed E-state index contributed by atoms with van der Waals surface area (Å²) in [6.07, 6.45) is 4.44. The van der Waals surface area contributed by atoms with Gasteiger partial charge in [0.2, 0.25) is 0 Å². The standard InChI is InChI=1S/C15H17N3O2S/c1-20-9-6-7-11(16)10(8-9)14(19)18-15-17-12-4-2-3-5-13(12)21-15/h6-8H,2-5,16H2,1H3,(H,17,18,19). The van der Waals surface area contributed by atoms with Crippen LogP contribution in [0.5, 0.6) is 5.75 Å². The number of carbonyl (C=O) groups is 1. The molecule has 0 fully saturated rings. The molecule has 2 aromatic rings. The number of anilines is 2. The fourth-order valence-corrected chi connectivity index (χ4v) is 3.47. The van der Waals surface area contributed by atoms with E-state index in [1.54, 1.807) is 36.6 Å². The van der Waals surface area contributed by atoms with Gasteiger partial charge < -0.3 is 10.5 Å². The van der Waals surface area contributed by atoms with Crippen LogP contribution in [-0.4, -0.2) is 18.0 Å². The van der Waals surface area contributed by atoms with E-state index in [0.717, 1.165) is 18.5 Å². The molecule has 5 nitrogen and oxygen atoms in total. The Bertz CT molecular complexity index is 658. The SMILES string of the molecule is COc1ccc(N)c(C(=O)Nc2nc3c(s2)CCCC3)c1. The molecule has 6 heteroatoms. The van der Waals surface area contributed by atoms with E-state index in [2.05, 4.69) is 10.3 Å². The zero-order chi connectivity index (χ0) is 14.8. The third kappa shape index (κ3) is 2.85. The quantitative estimate of drug-likeness (QED) is 0.855. The summed E-state index contributed by atoms with van der Waals surface area (Å²) < 4.78 is 5.13. The highest BCUT2D eigenvalue weighted by molar-refractivity contribution is 7.15. The van der Waals surface area contributed by atoms with Crippen molar-refractivity contribution in [3.63, 3.8) is 0 Å². The van der Waals surface area contributed by atoms with Gasteiger partial charge in [0.25, 0.3) is 5.91 Å². The summed E-state index contributed by atoms with van der Waals surface area (Å²) in [5.74, 6) is 0.352. The van der Waals surface area contributed by atoms with Crippen LogP contribution in [0.15, 0.2) is 18.2 Å². The van der Waals surface area contributed by atoms with Crippen LogP contribution in [0.25, 0.3) is 0 Å². The number of carbonyl (C=O) groups excluding carboxylic acids is 1. The summed E-state index contributed by atoms with van der Waals surface area (Å²) in [4.78, 5) is 18.1. The largest absolute Gasteiger partial charge is 0.497 e. The van der Waals surface area contributed by atoms with E-state index in [1.165, 1.54) is 17.7 Å². The van der Waals surface area contributed by atoms with Gasteiger partial charge in [0, 0.05) is 10.6 Å². The number of nitrogen functional groups attached to an aromatic ring is 1. The highest BCUT2D eigenvalue weighted by Gasteiger charge is 2.18. The molecule has 1 aromatic carbocycles. The number of rotatable bonds is 3. The molecule has 0 saturated carbocycles. The Morgan fingerprint density at radius 3 is 2.95 bits per heavy atom. The molecule has 3 N–H and O–H groups in total. The van der Waals surface area contributed by atoms with E-state index in [9.17, 15) is 4.79 Å². The lowest BCUT2D eigenvalue weighted by atomic mass is 10.0. The van der Waals surface area contributed by atoms with E-state index in [1.807, 2.05) is 0 Å². The highest BCUT2D eigenvalue weighted by atomic mass is 32.1. The molecular weight excluding hydrogens is 286 g/mol. The van der Waals surface area contributed by atoms with Crippen LogP contribution in [0.2, 0.25) is 0 Å². The maximum absolute atomic E-state index is 12.3. The van der Waals surface area contributed by atoms with Gasteiger partial charge in [-0.25, -0.2) is 4.98 Å². The normalized spacial score (nSPS) is 13.6. The molecule has 0 radical (unpaired) electrons. The second-order valence-electron chi connectivity index (χ2n) is 5.00. The number of benzene rings is 1. The maximum atomic E-state index is 12.3. The second-order valence-corrected chi connectivity index (χ2v) is 6.09. The van der Waals surface area contributed by atoms with Crippen molar-refractivity contribution < 1.29 is 9.53 Å². The molecule has 0 atom stereocenters. The number of hydrogen-bond acceptors (Lipinski definition) is 5. The number of aryl methyl sites for hydroxylation is 2. The lowest BCUT2D eigenvalue weighted by Gasteiger charge is -2.07. The van der Waals surface area contributed by atoms with Crippen molar-refractivity contribution in [1.29, 1.82) is 0 Å². The number of nitrogens with two attached hydrogens (primary N) is 1. The van der Waals surface area contributed by atoms with Gasteiger partial charge in [-0.3, -0.25) is 10.1 Å². The molecule has 0 saturated heterocycles. The summed E-state index contributed by atoms with van der Waals surface area (Å²) >= 11 is 1.56. The topological polar surface area (TPSA) is 77.2 Å². The van der Waals surface area contributed by atoms with E-state index >= 15 is 0 Å². The van der Waals surface area contributed by atoms with Crippen molar-refractivity contribution in [3.8, 4) is 5.75 Å². The summed E-state index contributed by atoms with van der Waals surface area (Å²) in [5, 5.41) is 3.49. The highest BCUT2D eigenvalue weighted by Crippen LogP contribution is 2.30. The van der Waals surface area contributed by atoms with Crippen molar-refractivity contribution in [1.82, 2.24) is 4.98 Å². The Morgan fingerprint density at radius 2 is 2.19 bits per heavy atom. The van der Waals surface area contributed by atoms with Crippen LogP contribution in [0.3, 0.4) is 0 Å². The van der Waals surface area contributed by atoms with Crippen LogP contribution in [0.4, 0.5) is 10.8 Å². The fourth-order valence-electron chi connectivity index (χ4n) is 2.43. The Kier molecular flexibility index (Phi) is 3.79. The molecule has 1 amide bonds. The van der Waals surface area contributed by atoms with Crippen molar-refractivity contribution in [2.45, 2.75) is 25.7 Å². The van der Waals surface area contributed by atoms with Crippen LogP contribution in [-0.2, 0) is 12.8 Å². The molecule has 1 heterocycles. The number of ether oxygens (including phenoxy) is 1. The number of hydrogen-bond donors (Lipinski definition) is 2. The third-order valence-electron chi connectivity index (χ3n) is 3.57. The van der Waals surface area contributed by atoms with Gasteiger partial charge in [0.1, 0.15) is 5.75 Å². The number of nitrogens with one attached hydrogen (secondary N) is 1. The van der Waals surface area contributed by atoms with Gasteiger partial charge >= 0.3 is 0 Å². The number of thiazole rings is 1. The summed E-state index contributed by atoms with van der Waals surface area (Å²) in [6, 6.07) is 5.03. The van der Waals surface area contributed by atoms with Crippen LogP contribution in [0.1, 0.15) is 33.8 Å². The number of aromatic nitrogens is 1. The average molecular weight is 303 g/mol. The maximum Gasteiger partial charge on any atom is 0.259 e. The number of nitrogens with zero attached hydrogens (tertiary/aromatic N) is 1. The minimum absolute atomic E-state index is 0.252. The van der Waals surface area contributed by atoms with Gasteiger partial charge in [-0.2, -0.15) is 0 Å². The van der Waals surface area contributed by atoms with Crippen molar-refractivity contribution in [2.24, 2.45) is 0 Å². The fraction of sp³-hybridized carbons (Fsp3) is 0.333. The van der Waals surface area contributed by atoms with Crippen LogP contribution < -0.4 is 15.8 Å². The summed E-state index contributed by atoms with van der Waals surface area (Å²) in [5.41, 5.74) is 7.82.